The molecule has 1 aromatic carbocycles. The predicted molar refractivity (Wildman–Crippen MR) is 95.7 cm³/mol. The van der Waals surface area contributed by atoms with Gasteiger partial charge in [0.1, 0.15) is 0 Å². The molecular weight excluding hydrogens is 298 g/mol. The van der Waals surface area contributed by atoms with Crippen molar-refractivity contribution in [2.24, 2.45) is 0 Å². The Balaban J connectivity index is 1.71. The summed E-state index contributed by atoms with van der Waals surface area (Å²) in [6.07, 6.45) is 12.3. The maximum absolute atomic E-state index is 8.81. The highest BCUT2D eigenvalue weighted by atomic mass is 16.5. The monoisotopic (exact) mass is 323 g/mol. The summed E-state index contributed by atoms with van der Waals surface area (Å²) >= 11 is 0. The molecule has 0 unspecified atom stereocenters. The molecule has 0 N–H and O–H groups in total. The summed E-state index contributed by atoms with van der Waals surface area (Å²) in [5.74, 6) is 1.35. The number of rotatable bonds is 10. The van der Waals surface area contributed by atoms with E-state index >= 15 is 0 Å². The molecular formula is C20H25N3O. The van der Waals surface area contributed by atoms with Gasteiger partial charge in [0.15, 0.2) is 11.6 Å². The third-order valence-corrected chi connectivity index (χ3v) is 3.92. The first kappa shape index (κ1) is 17.9. The van der Waals surface area contributed by atoms with Gasteiger partial charge in [-0.2, -0.15) is 5.26 Å². The molecule has 0 aliphatic rings. The SMILES string of the molecule is CCCCCCCCCOc1cnc(-c2ccc(C#N)cc2)nc1. The average Bonchev–Trinajstić information content (AvgIpc) is 2.64. The zero-order chi connectivity index (χ0) is 17.0. The number of hydrogen-bond acceptors (Lipinski definition) is 4. The Morgan fingerprint density at radius 1 is 0.917 bits per heavy atom. The smallest absolute Gasteiger partial charge is 0.159 e. The number of hydrogen-bond donors (Lipinski definition) is 0. The van der Waals surface area contributed by atoms with Crippen molar-refractivity contribution in [2.45, 2.75) is 51.9 Å². The second kappa shape index (κ2) is 10.4. The van der Waals surface area contributed by atoms with Crippen LogP contribution in [0.1, 0.15) is 57.4 Å². The number of aromatic nitrogens is 2. The van der Waals surface area contributed by atoms with Crippen LogP contribution in [0.15, 0.2) is 36.7 Å². The molecule has 0 aliphatic carbocycles. The van der Waals surface area contributed by atoms with Crippen LogP contribution >= 0.6 is 0 Å². The molecule has 0 aliphatic heterocycles. The van der Waals surface area contributed by atoms with Crippen molar-refractivity contribution in [1.29, 1.82) is 5.26 Å². The van der Waals surface area contributed by atoms with E-state index in [1.54, 1.807) is 24.5 Å². The van der Waals surface area contributed by atoms with Gasteiger partial charge < -0.3 is 4.74 Å². The highest BCUT2D eigenvalue weighted by Gasteiger charge is 2.02. The minimum absolute atomic E-state index is 0.633. The fourth-order valence-electron chi connectivity index (χ4n) is 2.48. The standard InChI is InChI=1S/C20H25N3O/c1-2-3-4-5-6-7-8-13-24-19-15-22-20(23-16-19)18-11-9-17(14-21)10-12-18/h9-12,15-16H,2-8,13H2,1H3. The van der Waals surface area contributed by atoms with Crippen LogP contribution in [0.5, 0.6) is 5.75 Å². The first-order chi connectivity index (χ1) is 11.8. The highest BCUT2D eigenvalue weighted by molar-refractivity contribution is 5.56. The molecule has 126 valence electrons. The minimum Gasteiger partial charge on any atom is -0.490 e. The lowest BCUT2D eigenvalue weighted by Gasteiger charge is -2.06. The number of benzene rings is 1. The average molecular weight is 323 g/mol. The molecule has 1 aromatic heterocycles. The van der Waals surface area contributed by atoms with Crippen LogP contribution < -0.4 is 4.74 Å². The van der Waals surface area contributed by atoms with Crippen LogP contribution in [-0.2, 0) is 0 Å². The first-order valence-corrected chi connectivity index (χ1v) is 8.79. The molecule has 0 amide bonds. The van der Waals surface area contributed by atoms with Crippen LogP contribution in [0.4, 0.5) is 0 Å². The van der Waals surface area contributed by atoms with E-state index < -0.39 is 0 Å². The normalized spacial score (nSPS) is 10.3. The maximum Gasteiger partial charge on any atom is 0.159 e. The fourth-order valence-corrected chi connectivity index (χ4v) is 2.48. The van der Waals surface area contributed by atoms with Crippen molar-refractivity contribution in [2.75, 3.05) is 6.61 Å². The van der Waals surface area contributed by atoms with Gasteiger partial charge in [-0.15, -0.1) is 0 Å². The quantitative estimate of drug-likeness (QED) is 0.568. The molecule has 0 fully saturated rings. The molecule has 2 aromatic rings. The summed E-state index contributed by atoms with van der Waals surface area (Å²) in [4.78, 5) is 8.67. The van der Waals surface area contributed by atoms with Crippen molar-refractivity contribution in [3.63, 3.8) is 0 Å². The van der Waals surface area contributed by atoms with Crippen LogP contribution in [0.2, 0.25) is 0 Å². The van der Waals surface area contributed by atoms with Crippen molar-refractivity contribution < 1.29 is 4.74 Å². The largest absolute Gasteiger partial charge is 0.490 e. The third kappa shape index (κ3) is 6.00. The lowest BCUT2D eigenvalue weighted by molar-refractivity contribution is 0.302. The van der Waals surface area contributed by atoms with Crippen LogP contribution in [0.3, 0.4) is 0 Å². The van der Waals surface area contributed by atoms with Gasteiger partial charge in [-0.3, -0.25) is 0 Å². The van der Waals surface area contributed by atoms with Crippen LogP contribution in [-0.4, -0.2) is 16.6 Å². The second-order valence-corrected chi connectivity index (χ2v) is 5.90. The van der Waals surface area contributed by atoms with Crippen molar-refractivity contribution >= 4 is 0 Å². The lowest BCUT2D eigenvalue weighted by atomic mass is 10.1. The number of nitrogens with zero attached hydrogens (tertiary/aromatic N) is 3. The Morgan fingerprint density at radius 2 is 1.54 bits per heavy atom. The van der Waals surface area contributed by atoms with Crippen molar-refractivity contribution in [1.82, 2.24) is 9.97 Å². The van der Waals surface area contributed by atoms with Gasteiger partial charge in [-0.05, 0) is 30.7 Å². The van der Waals surface area contributed by atoms with Gasteiger partial charge in [0.2, 0.25) is 0 Å². The summed E-state index contributed by atoms with van der Waals surface area (Å²) in [6.45, 7) is 2.95. The topological polar surface area (TPSA) is 58.8 Å². The Kier molecular flexibility index (Phi) is 7.76. The van der Waals surface area contributed by atoms with E-state index in [9.17, 15) is 0 Å². The van der Waals surface area contributed by atoms with Gasteiger partial charge in [0.25, 0.3) is 0 Å². The molecule has 0 spiro atoms. The van der Waals surface area contributed by atoms with E-state index in [1.165, 1.54) is 38.5 Å². The minimum atomic E-state index is 0.633. The summed E-state index contributed by atoms with van der Waals surface area (Å²) in [7, 11) is 0. The Hall–Kier alpha value is -2.41. The molecule has 1 heterocycles. The van der Waals surface area contributed by atoms with E-state index in [2.05, 4.69) is 23.0 Å². The number of ether oxygens (including phenoxy) is 1. The van der Waals surface area contributed by atoms with E-state index in [4.69, 9.17) is 10.00 Å². The molecule has 2 rings (SSSR count). The van der Waals surface area contributed by atoms with Crippen molar-refractivity contribution in [3.8, 4) is 23.2 Å². The van der Waals surface area contributed by atoms with Crippen LogP contribution in [0, 0.1) is 11.3 Å². The summed E-state index contributed by atoms with van der Waals surface area (Å²) < 4.78 is 5.69. The zero-order valence-corrected chi connectivity index (χ0v) is 14.4. The van der Waals surface area contributed by atoms with E-state index in [0.29, 0.717) is 23.7 Å². The summed E-state index contributed by atoms with van der Waals surface area (Å²) in [5, 5.41) is 8.81. The number of nitriles is 1. The maximum atomic E-state index is 8.81. The zero-order valence-electron chi connectivity index (χ0n) is 14.4. The third-order valence-electron chi connectivity index (χ3n) is 3.92. The molecule has 24 heavy (non-hydrogen) atoms. The van der Waals surface area contributed by atoms with E-state index in [1.807, 2.05) is 12.1 Å². The molecule has 4 heteroatoms. The van der Waals surface area contributed by atoms with Crippen LogP contribution in [0.25, 0.3) is 11.4 Å². The lowest BCUT2D eigenvalue weighted by Crippen LogP contribution is -1.99. The van der Waals surface area contributed by atoms with Gasteiger partial charge in [0, 0.05) is 5.56 Å². The molecule has 0 saturated heterocycles. The molecule has 0 atom stereocenters. The van der Waals surface area contributed by atoms with Gasteiger partial charge in [0.05, 0.1) is 30.6 Å². The number of unbranched alkanes of at least 4 members (excludes halogenated alkanes) is 6. The second-order valence-electron chi connectivity index (χ2n) is 5.90. The Labute approximate surface area is 144 Å². The Bertz CT molecular complexity index is 629. The highest BCUT2D eigenvalue weighted by Crippen LogP contribution is 2.17. The van der Waals surface area contributed by atoms with E-state index in [0.717, 1.165) is 12.0 Å². The van der Waals surface area contributed by atoms with E-state index in [-0.39, 0.29) is 0 Å². The molecule has 4 nitrogen and oxygen atoms in total. The molecule has 0 radical (unpaired) electrons. The fraction of sp³-hybridized carbons (Fsp3) is 0.450. The first-order valence-electron chi connectivity index (χ1n) is 8.79. The Morgan fingerprint density at radius 3 is 2.17 bits per heavy atom. The summed E-state index contributed by atoms with van der Waals surface area (Å²) in [6, 6.07) is 9.34. The van der Waals surface area contributed by atoms with Gasteiger partial charge in [-0.25, -0.2) is 9.97 Å². The molecule has 0 bridgehead atoms. The van der Waals surface area contributed by atoms with Gasteiger partial charge >= 0.3 is 0 Å². The van der Waals surface area contributed by atoms with Gasteiger partial charge in [-0.1, -0.05) is 45.4 Å². The van der Waals surface area contributed by atoms with Crippen molar-refractivity contribution in [3.05, 3.63) is 42.2 Å². The molecule has 0 saturated carbocycles. The predicted octanol–water partition coefficient (Wildman–Crippen LogP) is 5.14. The summed E-state index contributed by atoms with van der Waals surface area (Å²) in [5.41, 5.74) is 1.53.